The van der Waals surface area contributed by atoms with Gasteiger partial charge in [-0.3, -0.25) is 5.32 Å². The Kier molecular flexibility index (Phi) is 4.52. The number of hydrogen-bond donors (Lipinski definition) is 2. The lowest BCUT2D eigenvalue weighted by atomic mass is 10.1. The van der Waals surface area contributed by atoms with Crippen LogP contribution in [0, 0.1) is 0 Å². The van der Waals surface area contributed by atoms with Crippen LogP contribution >= 0.6 is 0 Å². The quantitative estimate of drug-likeness (QED) is 0.502. The number of nitrogens with one attached hydrogen (secondary N) is 1. The number of anilines is 1. The summed E-state index contributed by atoms with van der Waals surface area (Å²) in [5, 5.41) is 12.9. The first-order valence-corrected chi connectivity index (χ1v) is 9.79. The molecule has 0 bridgehead atoms. The SMILES string of the molecule is O=C1C(Cc2ccc(O)cc2)Nc2c(Cc3ccccc3)nc(-c3ccco3)c[n+]21. The van der Waals surface area contributed by atoms with Gasteiger partial charge in [0.1, 0.15) is 23.3 Å². The third-order valence-electron chi connectivity index (χ3n) is 5.23. The molecule has 1 atom stereocenters. The number of benzene rings is 2. The number of nitrogens with zero attached hydrogens (tertiary/aromatic N) is 2. The van der Waals surface area contributed by atoms with Crippen LogP contribution < -0.4 is 9.88 Å². The molecule has 0 spiro atoms. The second kappa shape index (κ2) is 7.48. The zero-order chi connectivity index (χ0) is 20.5. The lowest BCUT2D eigenvalue weighted by Gasteiger charge is -2.06. The van der Waals surface area contributed by atoms with Gasteiger partial charge in [0.25, 0.3) is 0 Å². The van der Waals surface area contributed by atoms with Gasteiger partial charge in [0.2, 0.25) is 0 Å². The molecule has 2 aromatic carbocycles. The van der Waals surface area contributed by atoms with E-state index in [1.807, 2.05) is 48.5 Å². The first-order valence-electron chi connectivity index (χ1n) is 9.79. The normalized spacial score (nSPS) is 15.1. The average molecular weight is 398 g/mol. The fourth-order valence-electron chi connectivity index (χ4n) is 3.74. The molecule has 3 heterocycles. The zero-order valence-electron chi connectivity index (χ0n) is 16.2. The van der Waals surface area contributed by atoms with E-state index < -0.39 is 6.04 Å². The second-order valence-electron chi connectivity index (χ2n) is 7.34. The molecular formula is C24H20N3O3+. The summed E-state index contributed by atoms with van der Waals surface area (Å²) in [4.78, 5) is 18.0. The molecule has 0 saturated heterocycles. The highest BCUT2D eigenvalue weighted by Crippen LogP contribution is 2.25. The Bertz CT molecular complexity index is 1190. The lowest BCUT2D eigenvalue weighted by molar-refractivity contribution is -0.552. The van der Waals surface area contributed by atoms with E-state index in [9.17, 15) is 9.90 Å². The highest BCUT2D eigenvalue weighted by Gasteiger charge is 2.41. The molecular weight excluding hydrogens is 378 g/mol. The molecule has 2 aromatic heterocycles. The van der Waals surface area contributed by atoms with Crippen LogP contribution in [0.25, 0.3) is 11.5 Å². The highest BCUT2D eigenvalue weighted by molar-refractivity contribution is 5.82. The predicted molar refractivity (Wildman–Crippen MR) is 111 cm³/mol. The molecule has 0 radical (unpaired) electrons. The van der Waals surface area contributed by atoms with Crippen molar-refractivity contribution in [3.8, 4) is 17.2 Å². The Morgan fingerprint density at radius 1 is 1.00 bits per heavy atom. The molecule has 0 fully saturated rings. The smallest absolute Gasteiger partial charge is 0.359 e. The van der Waals surface area contributed by atoms with Gasteiger partial charge in [-0.1, -0.05) is 42.5 Å². The fraction of sp³-hybridized carbons (Fsp3) is 0.125. The van der Waals surface area contributed by atoms with Crippen molar-refractivity contribution < 1.29 is 18.9 Å². The standard InChI is InChI=1S/C24H19N3O3/c28-18-10-8-17(9-11-18)14-20-24(29)27-15-21(22-7-4-12-30-22)25-19(23(27)26-20)13-16-5-2-1-3-6-16/h1-12,15,20,28H,13-14H2/p+1. The van der Waals surface area contributed by atoms with Crippen molar-refractivity contribution in [3.05, 3.63) is 96.0 Å². The van der Waals surface area contributed by atoms with E-state index in [0.29, 0.717) is 30.1 Å². The van der Waals surface area contributed by atoms with Crippen LogP contribution in [0.1, 0.15) is 21.6 Å². The summed E-state index contributed by atoms with van der Waals surface area (Å²) in [7, 11) is 0. The fourth-order valence-corrected chi connectivity index (χ4v) is 3.74. The molecule has 2 N–H and O–H groups in total. The van der Waals surface area contributed by atoms with Crippen LogP contribution in [-0.4, -0.2) is 22.0 Å². The van der Waals surface area contributed by atoms with E-state index in [2.05, 4.69) is 5.32 Å². The van der Waals surface area contributed by atoms with E-state index in [1.165, 1.54) is 0 Å². The number of fused-ring (bicyclic) bond motifs is 1. The summed E-state index contributed by atoms with van der Waals surface area (Å²) in [6.45, 7) is 0. The van der Waals surface area contributed by atoms with Crippen LogP contribution in [0.2, 0.25) is 0 Å². The summed E-state index contributed by atoms with van der Waals surface area (Å²) in [6, 6.07) is 20.2. The molecule has 1 aliphatic rings. The molecule has 0 amide bonds. The number of furan rings is 1. The lowest BCUT2D eigenvalue weighted by Crippen LogP contribution is -2.44. The molecule has 148 valence electrons. The molecule has 1 aliphatic heterocycles. The first-order chi connectivity index (χ1) is 14.7. The van der Waals surface area contributed by atoms with E-state index in [4.69, 9.17) is 9.40 Å². The number of phenolic OH excluding ortho intramolecular Hbond substituents is 1. The molecule has 5 rings (SSSR count). The minimum absolute atomic E-state index is 0.0393. The summed E-state index contributed by atoms with van der Waals surface area (Å²) >= 11 is 0. The maximum atomic E-state index is 13.2. The van der Waals surface area contributed by atoms with Gasteiger partial charge in [0.05, 0.1) is 6.26 Å². The number of aromatic nitrogens is 2. The Morgan fingerprint density at radius 2 is 1.80 bits per heavy atom. The number of hydrogen-bond acceptors (Lipinski definition) is 5. The summed E-state index contributed by atoms with van der Waals surface area (Å²) < 4.78 is 7.17. The number of carbonyl (C=O) groups is 1. The van der Waals surface area contributed by atoms with Crippen LogP contribution in [0.4, 0.5) is 5.82 Å². The molecule has 0 saturated carbocycles. The Hall–Kier alpha value is -3.93. The van der Waals surface area contributed by atoms with Crippen molar-refractivity contribution in [1.29, 1.82) is 0 Å². The van der Waals surface area contributed by atoms with Crippen molar-refractivity contribution in [2.45, 2.75) is 18.9 Å². The van der Waals surface area contributed by atoms with Crippen molar-refractivity contribution in [2.75, 3.05) is 5.32 Å². The van der Waals surface area contributed by atoms with Gasteiger partial charge in [-0.15, -0.1) is 0 Å². The minimum Gasteiger partial charge on any atom is -0.508 e. The van der Waals surface area contributed by atoms with Gasteiger partial charge < -0.3 is 9.52 Å². The van der Waals surface area contributed by atoms with Crippen LogP contribution in [0.5, 0.6) is 5.75 Å². The zero-order valence-corrected chi connectivity index (χ0v) is 16.2. The van der Waals surface area contributed by atoms with Crippen LogP contribution in [-0.2, 0) is 12.8 Å². The Morgan fingerprint density at radius 3 is 2.53 bits per heavy atom. The van der Waals surface area contributed by atoms with Crippen molar-refractivity contribution >= 4 is 11.7 Å². The monoisotopic (exact) mass is 398 g/mol. The van der Waals surface area contributed by atoms with Gasteiger partial charge in [0, 0.05) is 12.8 Å². The Balaban J connectivity index is 1.52. The topological polar surface area (TPSA) is 79.2 Å². The predicted octanol–water partition coefficient (Wildman–Crippen LogP) is 3.60. The van der Waals surface area contributed by atoms with E-state index in [0.717, 1.165) is 16.8 Å². The molecule has 6 heteroatoms. The molecule has 6 nitrogen and oxygen atoms in total. The number of carbonyl (C=O) groups excluding carboxylic acids is 1. The molecule has 30 heavy (non-hydrogen) atoms. The minimum atomic E-state index is -0.405. The summed E-state index contributed by atoms with van der Waals surface area (Å²) in [6.07, 6.45) is 4.44. The number of phenols is 1. The average Bonchev–Trinajstić information content (AvgIpc) is 3.40. The third kappa shape index (κ3) is 3.43. The van der Waals surface area contributed by atoms with Gasteiger partial charge in [-0.25, -0.2) is 9.78 Å². The van der Waals surface area contributed by atoms with Gasteiger partial charge in [0.15, 0.2) is 11.8 Å². The van der Waals surface area contributed by atoms with E-state index in [1.54, 1.807) is 35.2 Å². The Labute approximate surface area is 173 Å². The molecule has 0 aliphatic carbocycles. The van der Waals surface area contributed by atoms with Gasteiger partial charge >= 0.3 is 11.7 Å². The maximum absolute atomic E-state index is 13.2. The van der Waals surface area contributed by atoms with Crippen LogP contribution in [0.15, 0.2) is 83.6 Å². The number of rotatable bonds is 5. The molecule has 1 unspecified atom stereocenters. The second-order valence-corrected chi connectivity index (χ2v) is 7.34. The highest BCUT2D eigenvalue weighted by atomic mass is 16.3. The summed E-state index contributed by atoms with van der Waals surface area (Å²) in [5.74, 6) is 1.50. The van der Waals surface area contributed by atoms with Gasteiger partial charge in [-0.05, 0) is 35.4 Å². The maximum Gasteiger partial charge on any atom is 0.359 e. The van der Waals surface area contributed by atoms with Crippen LogP contribution in [0.3, 0.4) is 0 Å². The molecule has 4 aromatic rings. The summed E-state index contributed by atoms with van der Waals surface area (Å²) in [5.41, 5.74) is 3.49. The van der Waals surface area contributed by atoms with Crippen molar-refractivity contribution in [1.82, 2.24) is 4.98 Å². The van der Waals surface area contributed by atoms with E-state index >= 15 is 0 Å². The van der Waals surface area contributed by atoms with Crippen molar-refractivity contribution in [2.24, 2.45) is 0 Å². The first kappa shape index (κ1) is 18.1. The largest absolute Gasteiger partial charge is 0.508 e. The van der Waals surface area contributed by atoms with E-state index in [-0.39, 0.29) is 11.7 Å². The third-order valence-corrected chi connectivity index (χ3v) is 5.23. The van der Waals surface area contributed by atoms with Gasteiger partial charge in [-0.2, -0.15) is 4.57 Å². The van der Waals surface area contributed by atoms with Crippen molar-refractivity contribution in [3.63, 3.8) is 0 Å². The number of aromatic hydroxyl groups is 1.